The van der Waals surface area contributed by atoms with Crippen molar-refractivity contribution in [3.8, 4) is 5.75 Å². The predicted molar refractivity (Wildman–Crippen MR) is 55.3 cm³/mol. The summed E-state index contributed by atoms with van der Waals surface area (Å²) in [5.74, 6) is -0.249. The van der Waals surface area contributed by atoms with Gasteiger partial charge in [0.05, 0.1) is 11.3 Å². The first-order valence-electron chi connectivity index (χ1n) is 4.25. The average Bonchev–Trinajstić information content (AvgIpc) is 2.17. The van der Waals surface area contributed by atoms with Crippen LogP contribution in [0.3, 0.4) is 0 Å². The van der Waals surface area contributed by atoms with Crippen molar-refractivity contribution in [3.05, 3.63) is 29.8 Å². The fourth-order valence-corrected chi connectivity index (χ4v) is 1.77. The van der Waals surface area contributed by atoms with E-state index in [1.165, 1.54) is 12.1 Å². The van der Waals surface area contributed by atoms with Crippen LogP contribution < -0.4 is 9.92 Å². The van der Waals surface area contributed by atoms with E-state index in [1.807, 2.05) is 0 Å². The van der Waals surface area contributed by atoms with Crippen LogP contribution in [0.2, 0.25) is 0 Å². The fourth-order valence-electron chi connectivity index (χ4n) is 0.977. The van der Waals surface area contributed by atoms with Crippen molar-refractivity contribution in [2.24, 2.45) is 5.73 Å². The number of rotatable bonds is 5. The van der Waals surface area contributed by atoms with Gasteiger partial charge in [-0.05, 0) is 12.1 Å². The van der Waals surface area contributed by atoms with E-state index in [0.29, 0.717) is 6.29 Å². The minimum Gasteiger partial charge on any atom is -0.382 e. The molecule has 7 heteroatoms. The number of carbonyl (C=O) groups excluding carboxylic acids is 1. The monoisotopic (exact) mass is 284 g/mol. The van der Waals surface area contributed by atoms with Gasteiger partial charge in [0.25, 0.3) is 0 Å². The summed E-state index contributed by atoms with van der Waals surface area (Å²) in [5, 5.41) is 0. The maximum absolute atomic E-state index is 11.2. The zero-order chi connectivity index (χ0) is 11.3. The second-order valence-electron chi connectivity index (χ2n) is 2.79. The molecule has 1 aromatic rings. The molecule has 0 saturated carbocycles. The Labute approximate surface area is 105 Å². The van der Waals surface area contributed by atoms with Crippen molar-refractivity contribution in [2.75, 3.05) is 12.3 Å². The molecule has 2 N–H and O–H groups in total. The second kappa shape index (κ2) is 6.65. The number of benzene rings is 1. The Morgan fingerprint density at radius 1 is 1.31 bits per heavy atom. The van der Waals surface area contributed by atoms with Crippen LogP contribution in [-0.4, -0.2) is 27.0 Å². The van der Waals surface area contributed by atoms with E-state index in [2.05, 4.69) is 0 Å². The van der Waals surface area contributed by atoms with Crippen LogP contribution in [-0.2, 0) is 27.2 Å². The molecule has 0 atom stereocenters. The third-order valence-electron chi connectivity index (χ3n) is 1.63. The number of aldehydes is 1. The molecule has 0 aliphatic rings. The van der Waals surface area contributed by atoms with Gasteiger partial charge in [-0.2, -0.15) is 8.42 Å². The maximum atomic E-state index is 11.2. The van der Waals surface area contributed by atoms with Gasteiger partial charge in [-0.3, -0.25) is 4.79 Å². The van der Waals surface area contributed by atoms with E-state index < -0.39 is 10.1 Å². The van der Waals surface area contributed by atoms with Crippen LogP contribution in [0.4, 0.5) is 0 Å². The topological polar surface area (TPSA) is 86.5 Å². The van der Waals surface area contributed by atoms with Gasteiger partial charge in [-0.1, -0.05) is 12.1 Å². The standard InChI is InChI=1S/C9H11NO4S.Mn/c10-5-6-15(12,13)14-9-4-2-1-3-8(9)7-11;/h1-4,7H,5-6,10H2;. The summed E-state index contributed by atoms with van der Waals surface area (Å²) in [6.45, 7) is -0.0222. The third kappa shape index (κ3) is 4.32. The molecule has 0 saturated heterocycles. The van der Waals surface area contributed by atoms with E-state index in [1.54, 1.807) is 12.1 Å². The number of hydrogen-bond donors (Lipinski definition) is 1. The minimum atomic E-state index is -3.70. The van der Waals surface area contributed by atoms with Crippen molar-refractivity contribution in [1.29, 1.82) is 0 Å². The van der Waals surface area contributed by atoms with Crippen molar-refractivity contribution in [1.82, 2.24) is 0 Å². The SMILES string of the molecule is NCCS(=O)(=O)Oc1ccccc1C=O.[Mn]. The molecule has 0 spiro atoms. The van der Waals surface area contributed by atoms with E-state index in [4.69, 9.17) is 9.92 Å². The Kier molecular flexibility index (Phi) is 6.28. The summed E-state index contributed by atoms with van der Waals surface area (Å²) in [6.07, 6.45) is 0.535. The first kappa shape index (κ1) is 15.1. The van der Waals surface area contributed by atoms with Crippen molar-refractivity contribution in [2.45, 2.75) is 0 Å². The molecule has 0 amide bonds. The Hall–Kier alpha value is -0.881. The van der Waals surface area contributed by atoms with Crippen LogP contribution >= 0.6 is 0 Å². The predicted octanol–water partition coefficient (Wildman–Crippen LogP) is 0.164. The molecule has 1 rings (SSSR count). The molecule has 5 nitrogen and oxygen atoms in total. The smallest absolute Gasteiger partial charge is 0.310 e. The van der Waals surface area contributed by atoms with E-state index in [0.717, 1.165) is 0 Å². The molecule has 16 heavy (non-hydrogen) atoms. The van der Waals surface area contributed by atoms with Gasteiger partial charge in [0.15, 0.2) is 12.0 Å². The molecule has 0 aliphatic heterocycles. The summed E-state index contributed by atoms with van der Waals surface area (Å²) in [5.41, 5.74) is 5.30. The summed E-state index contributed by atoms with van der Waals surface area (Å²) in [7, 11) is -3.70. The first-order valence-corrected chi connectivity index (χ1v) is 5.83. The van der Waals surface area contributed by atoms with Crippen LogP contribution in [0.5, 0.6) is 5.75 Å². The third-order valence-corrected chi connectivity index (χ3v) is 2.80. The molecule has 89 valence electrons. The van der Waals surface area contributed by atoms with Gasteiger partial charge in [-0.25, -0.2) is 0 Å². The Balaban J connectivity index is 0.00000225. The second-order valence-corrected chi connectivity index (χ2v) is 4.48. The molecule has 1 aromatic carbocycles. The normalized spacial score (nSPS) is 10.3. The average molecular weight is 284 g/mol. The van der Waals surface area contributed by atoms with Crippen molar-refractivity contribution in [3.63, 3.8) is 0 Å². The van der Waals surface area contributed by atoms with E-state index in [-0.39, 0.29) is 40.7 Å². The summed E-state index contributed by atoms with van der Waals surface area (Å²) in [6, 6.07) is 6.09. The number of hydrogen-bond acceptors (Lipinski definition) is 5. The van der Waals surface area contributed by atoms with Crippen LogP contribution in [0.15, 0.2) is 24.3 Å². The van der Waals surface area contributed by atoms with Crippen molar-refractivity contribution >= 4 is 16.4 Å². The molecule has 0 aromatic heterocycles. The summed E-state index contributed by atoms with van der Waals surface area (Å²) in [4.78, 5) is 10.6. The van der Waals surface area contributed by atoms with Gasteiger partial charge < -0.3 is 9.92 Å². The summed E-state index contributed by atoms with van der Waals surface area (Å²) >= 11 is 0. The van der Waals surface area contributed by atoms with Gasteiger partial charge in [-0.15, -0.1) is 0 Å². The molecule has 0 unspecified atom stereocenters. The zero-order valence-corrected chi connectivity index (χ0v) is 10.3. The molecule has 1 radical (unpaired) electrons. The van der Waals surface area contributed by atoms with E-state index >= 15 is 0 Å². The Morgan fingerprint density at radius 3 is 2.50 bits per heavy atom. The molecule has 0 bridgehead atoms. The number of para-hydroxylation sites is 1. The largest absolute Gasteiger partial charge is 0.382 e. The van der Waals surface area contributed by atoms with Gasteiger partial charge in [0, 0.05) is 23.6 Å². The molecule has 0 fully saturated rings. The first-order chi connectivity index (χ1) is 7.09. The number of carbonyl (C=O) groups is 1. The van der Waals surface area contributed by atoms with E-state index in [9.17, 15) is 13.2 Å². The van der Waals surface area contributed by atoms with Gasteiger partial charge >= 0.3 is 10.1 Å². The molecular weight excluding hydrogens is 273 g/mol. The van der Waals surface area contributed by atoms with Gasteiger partial charge in [0.2, 0.25) is 0 Å². The zero-order valence-electron chi connectivity index (χ0n) is 8.30. The maximum Gasteiger partial charge on any atom is 0.310 e. The van der Waals surface area contributed by atoms with Gasteiger partial charge in [0.1, 0.15) is 0 Å². The quantitative estimate of drug-likeness (QED) is 0.473. The fraction of sp³-hybridized carbons (Fsp3) is 0.222. The molecular formula is C9H11MnNO4S. The number of nitrogens with two attached hydrogens (primary N) is 1. The minimum absolute atomic E-state index is 0. The van der Waals surface area contributed by atoms with Crippen LogP contribution in [0.25, 0.3) is 0 Å². The Morgan fingerprint density at radius 2 is 1.94 bits per heavy atom. The Bertz CT molecular complexity index is 447. The molecule has 0 aliphatic carbocycles. The van der Waals surface area contributed by atoms with Crippen LogP contribution in [0.1, 0.15) is 10.4 Å². The van der Waals surface area contributed by atoms with Crippen LogP contribution in [0, 0.1) is 0 Å². The molecule has 0 heterocycles. The van der Waals surface area contributed by atoms with Crippen molar-refractivity contribution < 1.29 is 34.5 Å². The summed E-state index contributed by atoms with van der Waals surface area (Å²) < 4.78 is 27.2.